The number of aliphatic imine (C=N–C) groups is 1. The predicted molar refractivity (Wildman–Crippen MR) is 85.3 cm³/mol. The van der Waals surface area contributed by atoms with Gasteiger partial charge in [-0.3, -0.25) is 14.3 Å². The number of carbonyl (C=O) groups is 1. The Morgan fingerprint density at radius 2 is 1.82 bits per heavy atom. The number of carbonyl (C=O) groups excluding carboxylic acids is 1. The number of hydrogen-bond acceptors (Lipinski definition) is 5. The maximum atomic E-state index is 12.4. The largest absolute Gasteiger partial charge is 0.396 e. The van der Waals surface area contributed by atoms with E-state index in [9.17, 15) is 9.59 Å². The van der Waals surface area contributed by atoms with Gasteiger partial charge in [-0.15, -0.1) is 0 Å². The molecular weight excluding hydrogens is 306 g/mol. The highest BCUT2D eigenvalue weighted by molar-refractivity contribution is 6.49. The zero-order chi connectivity index (χ0) is 16.0. The summed E-state index contributed by atoms with van der Waals surface area (Å²) in [6.07, 6.45) is 3.42. The first-order valence-electron chi connectivity index (χ1n) is 6.98. The number of anilines is 1. The number of allylic oxidation sites excluding steroid dienone is 3. The molecule has 1 aliphatic heterocycles. The predicted octanol–water partition coefficient (Wildman–Crippen LogP) is 1.04. The number of hydrogen-bond donors (Lipinski definition) is 2. The lowest BCUT2D eigenvalue weighted by Crippen LogP contribution is -2.27. The van der Waals surface area contributed by atoms with E-state index in [1.807, 2.05) is 0 Å². The van der Waals surface area contributed by atoms with Crippen molar-refractivity contribution < 1.29 is 4.79 Å². The summed E-state index contributed by atoms with van der Waals surface area (Å²) in [4.78, 5) is 28.4. The molecule has 3 rings (SSSR count). The Balaban J connectivity index is 2.16. The van der Waals surface area contributed by atoms with Crippen LogP contribution in [0.4, 0.5) is 11.5 Å². The van der Waals surface area contributed by atoms with E-state index in [-0.39, 0.29) is 33.5 Å². The molecule has 0 aromatic carbocycles. The molecule has 0 spiro atoms. The summed E-state index contributed by atoms with van der Waals surface area (Å²) >= 11 is 5.92. The Morgan fingerprint density at radius 1 is 1.18 bits per heavy atom. The fourth-order valence-corrected chi connectivity index (χ4v) is 2.90. The summed E-state index contributed by atoms with van der Waals surface area (Å²) in [6.45, 7) is 2.92. The summed E-state index contributed by atoms with van der Waals surface area (Å²) in [5.74, 6) is -0.0249. The Labute approximate surface area is 131 Å². The summed E-state index contributed by atoms with van der Waals surface area (Å²) in [7, 11) is 0. The number of ketones is 1. The van der Waals surface area contributed by atoms with Crippen LogP contribution in [0.3, 0.4) is 0 Å². The first-order valence-corrected chi connectivity index (χ1v) is 7.36. The maximum absolute atomic E-state index is 12.4. The van der Waals surface area contributed by atoms with Crippen LogP contribution < -0.4 is 17.0 Å². The average Bonchev–Trinajstić information content (AvgIpc) is 2.76. The molecule has 0 saturated carbocycles. The van der Waals surface area contributed by atoms with E-state index in [4.69, 9.17) is 23.1 Å². The van der Waals surface area contributed by atoms with E-state index >= 15 is 0 Å². The normalized spacial score (nSPS) is 20.4. The Kier molecular flexibility index (Phi) is 3.44. The van der Waals surface area contributed by atoms with Crippen LogP contribution in [-0.4, -0.2) is 20.9 Å². The molecule has 22 heavy (non-hydrogen) atoms. The van der Waals surface area contributed by atoms with Crippen LogP contribution in [0, 0.1) is 0 Å². The molecule has 116 valence electrons. The lowest BCUT2D eigenvalue weighted by molar-refractivity contribution is -0.111. The second kappa shape index (κ2) is 5.17. The summed E-state index contributed by atoms with van der Waals surface area (Å²) in [5.41, 5.74) is 12.5. The lowest BCUT2D eigenvalue weighted by atomic mass is 10.0. The maximum Gasteiger partial charge on any atom is 0.294 e. The van der Waals surface area contributed by atoms with E-state index in [0.717, 1.165) is 12.8 Å². The first kappa shape index (κ1) is 14.6. The molecule has 2 aliphatic rings. The van der Waals surface area contributed by atoms with Gasteiger partial charge in [-0.05, 0) is 25.8 Å². The minimum Gasteiger partial charge on any atom is -0.396 e. The van der Waals surface area contributed by atoms with Gasteiger partial charge in [0.1, 0.15) is 5.03 Å². The number of halogens is 1. The van der Waals surface area contributed by atoms with Gasteiger partial charge < -0.3 is 11.5 Å². The van der Waals surface area contributed by atoms with Crippen LogP contribution in [0.25, 0.3) is 0 Å². The highest BCUT2D eigenvalue weighted by Gasteiger charge is 2.24. The van der Waals surface area contributed by atoms with Gasteiger partial charge >= 0.3 is 0 Å². The smallest absolute Gasteiger partial charge is 0.294 e. The van der Waals surface area contributed by atoms with Crippen molar-refractivity contribution in [3.63, 3.8) is 0 Å². The van der Waals surface area contributed by atoms with Crippen LogP contribution in [0.2, 0.25) is 0 Å². The average molecular weight is 322 g/mol. The topological polar surface area (TPSA) is 108 Å². The third-order valence-electron chi connectivity index (χ3n) is 3.89. The molecule has 1 aromatic rings. The standard InChI is InChI=1S/C14H16ClN5O2/c1-7-6-8(10(16)9(15)12(7)21)18-11-13(17)19-4-2-3-5-20(19)14(11)22/h6H,2-5,16-17H2,1H3. The summed E-state index contributed by atoms with van der Waals surface area (Å²) in [5, 5.41) is -0.0820. The Hall–Kier alpha value is -2.28. The number of nitrogens with zero attached hydrogens (tertiary/aromatic N) is 3. The van der Waals surface area contributed by atoms with Gasteiger partial charge in [0, 0.05) is 18.7 Å². The molecule has 8 heteroatoms. The van der Waals surface area contributed by atoms with Crippen LogP contribution in [0.1, 0.15) is 19.8 Å². The Morgan fingerprint density at radius 3 is 2.45 bits per heavy atom. The highest BCUT2D eigenvalue weighted by atomic mass is 35.5. The van der Waals surface area contributed by atoms with Crippen LogP contribution in [0.5, 0.6) is 0 Å². The van der Waals surface area contributed by atoms with Crippen molar-refractivity contribution in [2.24, 2.45) is 10.7 Å². The molecule has 2 heterocycles. The van der Waals surface area contributed by atoms with Crippen molar-refractivity contribution >= 4 is 34.6 Å². The molecule has 0 bridgehead atoms. The highest BCUT2D eigenvalue weighted by Crippen LogP contribution is 2.25. The van der Waals surface area contributed by atoms with Gasteiger partial charge in [-0.1, -0.05) is 11.6 Å². The van der Waals surface area contributed by atoms with Crippen molar-refractivity contribution in [3.05, 3.63) is 32.7 Å². The van der Waals surface area contributed by atoms with E-state index in [1.54, 1.807) is 16.3 Å². The second-order valence-corrected chi connectivity index (χ2v) is 5.75. The van der Waals surface area contributed by atoms with Gasteiger partial charge in [-0.25, -0.2) is 9.67 Å². The SMILES string of the molecule is CC1=CC(=Nc2c(N)n3n(c2=O)CCCC3)C(N)=C(Cl)C1=O. The zero-order valence-electron chi connectivity index (χ0n) is 12.1. The molecule has 1 aromatic heterocycles. The number of rotatable bonds is 1. The minimum absolute atomic E-state index is 0.0604. The van der Waals surface area contributed by atoms with Gasteiger partial charge in [0.05, 0.1) is 11.4 Å². The first-order chi connectivity index (χ1) is 10.4. The van der Waals surface area contributed by atoms with Crippen molar-refractivity contribution in [1.82, 2.24) is 9.36 Å². The van der Waals surface area contributed by atoms with E-state index in [0.29, 0.717) is 24.5 Å². The van der Waals surface area contributed by atoms with Crippen molar-refractivity contribution in [2.45, 2.75) is 32.9 Å². The van der Waals surface area contributed by atoms with E-state index in [1.165, 1.54) is 6.08 Å². The molecular formula is C14H16ClN5O2. The lowest BCUT2D eigenvalue weighted by Gasteiger charge is -2.17. The summed E-state index contributed by atoms with van der Waals surface area (Å²) < 4.78 is 3.32. The van der Waals surface area contributed by atoms with Crippen LogP contribution >= 0.6 is 11.6 Å². The van der Waals surface area contributed by atoms with Crippen LogP contribution in [-0.2, 0) is 17.9 Å². The fraction of sp³-hybridized carbons (Fsp3) is 0.357. The van der Waals surface area contributed by atoms with Crippen molar-refractivity contribution in [3.8, 4) is 0 Å². The van der Waals surface area contributed by atoms with Crippen molar-refractivity contribution in [1.29, 1.82) is 0 Å². The number of nitrogen functional groups attached to an aromatic ring is 1. The molecule has 0 atom stereocenters. The van der Waals surface area contributed by atoms with Gasteiger partial charge in [0.15, 0.2) is 11.5 Å². The van der Waals surface area contributed by atoms with Crippen molar-refractivity contribution in [2.75, 3.05) is 5.73 Å². The quantitative estimate of drug-likeness (QED) is 0.753. The molecule has 0 amide bonds. The number of aromatic nitrogens is 2. The molecule has 1 aliphatic carbocycles. The van der Waals surface area contributed by atoms with E-state index in [2.05, 4.69) is 4.99 Å². The van der Waals surface area contributed by atoms with Gasteiger partial charge in [-0.2, -0.15) is 0 Å². The number of fused-ring (bicyclic) bond motifs is 1. The fourth-order valence-electron chi connectivity index (χ4n) is 2.65. The van der Waals surface area contributed by atoms with Crippen LogP contribution in [0.15, 0.2) is 32.2 Å². The molecule has 0 radical (unpaired) electrons. The summed E-state index contributed by atoms with van der Waals surface area (Å²) in [6, 6.07) is 0. The zero-order valence-corrected chi connectivity index (χ0v) is 12.9. The molecule has 7 nitrogen and oxygen atoms in total. The monoisotopic (exact) mass is 321 g/mol. The molecule has 0 saturated heterocycles. The van der Waals surface area contributed by atoms with Gasteiger partial charge in [0.2, 0.25) is 5.78 Å². The Bertz CT molecular complexity index is 825. The molecule has 0 unspecified atom stereocenters. The van der Waals surface area contributed by atoms with E-state index < -0.39 is 0 Å². The molecule has 4 N–H and O–H groups in total. The second-order valence-electron chi connectivity index (χ2n) is 5.37. The third kappa shape index (κ3) is 2.09. The molecule has 0 fully saturated rings. The third-order valence-corrected chi connectivity index (χ3v) is 4.27. The minimum atomic E-state index is -0.334. The van der Waals surface area contributed by atoms with Gasteiger partial charge in [0.25, 0.3) is 5.56 Å². The number of nitrogens with two attached hydrogens (primary N) is 2. The number of Topliss-reactive ketones (excluding diaryl/α,β-unsaturated/α-hetero) is 1.